The van der Waals surface area contributed by atoms with Gasteiger partial charge in [0.15, 0.2) is 0 Å². The van der Waals surface area contributed by atoms with Crippen LogP contribution in [-0.4, -0.2) is 49.1 Å². The van der Waals surface area contributed by atoms with Gasteiger partial charge in [0.2, 0.25) is 0 Å². The minimum absolute atomic E-state index is 0.148. The van der Waals surface area contributed by atoms with Crippen molar-refractivity contribution in [1.29, 1.82) is 0 Å². The molecule has 0 N–H and O–H groups in total. The smallest absolute Gasteiger partial charge is 0.406 e. The summed E-state index contributed by atoms with van der Waals surface area (Å²) in [5, 5.41) is 0. The van der Waals surface area contributed by atoms with Crippen LogP contribution in [0.25, 0.3) is 0 Å². The Morgan fingerprint density at radius 3 is 2.12 bits per heavy atom. The van der Waals surface area contributed by atoms with Crippen molar-refractivity contribution in [2.75, 3.05) is 19.8 Å². The number of benzene rings is 1. The summed E-state index contributed by atoms with van der Waals surface area (Å²) < 4.78 is 83.6. The molecule has 1 fully saturated rings. The highest BCUT2D eigenvalue weighted by atomic mass is 19.4. The highest BCUT2D eigenvalue weighted by Crippen LogP contribution is 2.26. The second kappa shape index (κ2) is 7.51. The van der Waals surface area contributed by atoms with Gasteiger partial charge in [0.25, 0.3) is 5.91 Å². The van der Waals surface area contributed by atoms with E-state index in [1.54, 1.807) is 0 Å². The van der Waals surface area contributed by atoms with Crippen LogP contribution in [0.4, 0.5) is 26.3 Å². The van der Waals surface area contributed by atoms with Gasteiger partial charge in [-0.2, -0.15) is 13.2 Å². The standard InChI is InChI=1S/C15H15F6NO3/c16-14(17,18)9-22(11-5-7-24-8-6-11)13(23)10-1-3-12(4-2-10)25-15(19,20)21/h1-4,11H,5-9H2. The molecular formula is C15H15F6NO3. The predicted molar refractivity (Wildman–Crippen MR) is 74.1 cm³/mol. The van der Waals surface area contributed by atoms with Gasteiger partial charge >= 0.3 is 12.5 Å². The number of alkyl halides is 6. The van der Waals surface area contributed by atoms with Crippen molar-refractivity contribution in [3.63, 3.8) is 0 Å². The number of carbonyl (C=O) groups is 1. The number of nitrogens with zero attached hydrogens (tertiary/aromatic N) is 1. The van der Waals surface area contributed by atoms with Crippen LogP contribution in [0.1, 0.15) is 23.2 Å². The molecule has 0 saturated carbocycles. The summed E-state index contributed by atoms with van der Waals surface area (Å²) in [7, 11) is 0. The van der Waals surface area contributed by atoms with Crippen molar-refractivity contribution in [3.05, 3.63) is 29.8 Å². The average molecular weight is 371 g/mol. The Hall–Kier alpha value is -1.97. The van der Waals surface area contributed by atoms with Gasteiger partial charge in [-0.15, -0.1) is 13.2 Å². The van der Waals surface area contributed by atoms with Gasteiger partial charge in [0, 0.05) is 24.8 Å². The third kappa shape index (κ3) is 6.11. The number of rotatable bonds is 4. The van der Waals surface area contributed by atoms with E-state index in [2.05, 4.69) is 4.74 Å². The second-order valence-corrected chi connectivity index (χ2v) is 5.46. The van der Waals surface area contributed by atoms with Crippen molar-refractivity contribution >= 4 is 5.91 Å². The van der Waals surface area contributed by atoms with Gasteiger partial charge in [-0.3, -0.25) is 4.79 Å². The molecule has 0 aliphatic carbocycles. The average Bonchev–Trinajstić information content (AvgIpc) is 2.51. The van der Waals surface area contributed by atoms with Crippen LogP contribution in [0.3, 0.4) is 0 Å². The first kappa shape index (κ1) is 19.4. The lowest BCUT2D eigenvalue weighted by molar-refractivity contribution is -0.274. The van der Waals surface area contributed by atoms with Crippen LogP contribution in [0.2, 0.25) is 0 Å². The molecule has 4 nitrogen and oxygen atoms in total. The molecule has 2 rings (SSSR count). The van der Waals surface area contributed by atoms with Crippen LogP contribution in [0.15, 0.2) is 24.3 Å². The van der Waals surface area contributed by atoms with E-state index in [9.17, 15) is 31.1 Å². The lowest BCUT2D eigenvalue weighted by atomic mass is 10.1. The molecule has 0 unspecified atom stereocenters. The van der Waals surface area contributed by atoms with Crippen LogP contribution in [-0.2, 0) is 4.74 Å². The molecule has 1 aromatic rings. The van der Waals surface area contributed by atoms with E-state index in [4.69, 9.17) is 4.74 Å². The highest BCUT2D eigenvalue weighted by molar-refractivity contribution is 5.94. The number of halogens is 6. The second-order valence-electron chi connectivity index (χ2n) is 5.46. The molecule has 0 bridgehead atoms. The largest absolute Gasteiger partial charge is 0.573 e. The van der Waals surface area contributed by atoms with Crippen molar-refractivity contribution in [1.82, 2.24) is 4.90 Å². The lowest BCUT2D eigenvalue weighted by Gasteiger charge is -2.34. The molecule has 10 heteroatoms. The summed E-state index contributed by atoms with van der Waals surface area (Å²) in [5.41, 5.74) is -0.148. The molecule has 1 heterocycles. The van der Waals surface area contributed by atoms with Gasteiger partial charge in [-0.1, -0.05) is 0 Å². The van der Waals surface area contributed by atoms with Crippen molar-refractivity contribution in [2.45, 2.75) is 31.4 Å². The Morgan fingerprint density at radius 2 is 1.64 bits per heavy atom. The SMILES string of the molecule is O=C(c1ccc(OC(F)(F)F)cc1)N(CC(F)(F)F)C1CCOCC1. The fourth-order valence-corrected chi connectivity index (χ4v) is 2.52. The molecule has 1 saturated heterocycles. The molecule has 0 radical (unpaired) electrons. The molecule has 0 aromatic heterocycles. The first-order valence-electron chi connectivity index (χ1n) is 7.36. The zero-order valence-electron chi connectivity index (χ0n) is 12.9. The highest BCUT2D eigenvalue weighted by Gasteiger charge is 2.37. The molecule has 1 amide bonds. The summed E-state index contributed by atoms with van der Waals surface area (Å²) in [4.78, 5) is 13.1. The lowest BCUT2D eigenvalue weighted by Crippen LogP contribution is -2.47. The van der Waals surface area contributed by atoms with Crippen molar-refractivity contribution in [2.24, 2.45) is 0 Å². The first-order chi connectivity index (χ1) is 11.6. The van der Waals surface area contributed by atoms with E-state index in [1.165, 1.54) is 0 Å². The van der Waals surface area contributed by atoms with Crippen molar-refractivity contribution < 1.29 is 40.6 Å². The molecule has 1 aliphatic heterocycles. The third-order valence-electron chi connectivity index (χ3n) is 3.58. The van der Waals surface area contributed by atoms with E-state index in [-0.39, 0.29) is 31.6 Å². The zero-order valence-corrected chi connectivity index (χ0v) is 12.9. The summed E-state index contributed by atoms with van der Waals surface area (Å²) >= 11 is 0. The Bertz CT molecular complexity index is 578. The minimum atomic E-state index is -4.89. The first-order valence-corrected chi connectivity index (χ1v) is 7.36. The summed E-state index contributed by atoms with van der Waals surface area (Å²) in [5.74, 6) is -1.46. The van der Waals surface area contributed by atoms with Gasteiger partial charge in [-0.05, 0) is 37.1 Å². The van der Waals surface area contributed by atoms with Crippen LogP contribution < -0.4 is 4.74 Å². The molecule has 140 valence electrons. The maximum Gasteiger partial charge on any atom is 0.573 e. The van der Waals surface area contributed by atoms with Crippen molar-refractivity contribution in [3.8, 4) is 5.75 Å². The maximum atomic E-state index is 12.8. The molecule has 25 heavy (non-hydrogen) atoms. The number of carbonyl (C=O) groups excluding carboxylic acids is 1. The molecule has 1 aliphatic rings. The Balaban J connectivity index is 2.17. The van der Waals surface area contributed by atoms with E-state index in [1.807, 2.05) is 0 Å². The van der Waals surface area contributed by atoms with Crippen LogP contribution in [0.5, 0.6) is 5.75 Å². The summed E-state index contributed by atoms with van der Waals surface area (Å²) in [6, 6.07) is 3.14. The normalized spacial score (nSPS) is 16.6. The number of amides is 1. The van der Waals surface area contributed by atoms with Gasteiger partial charge in [-0.25, -0.2) is 0 Å². The van der Waals surface area contributed by atoms with Gasteiger partial charge < -0.3 is 14.4 Å². The molecule has 0 spiro atoms. The Morgan fingerprint density at radius 1 is 1.08 bits per heavy atom. The van der Waals surface area contributed by atoms with E-state index in [0.717, 1.165) is 24.3 Å². The Kier molecular flexibility index (Phi) is 5.81. The van der Waals surface area contributed by atoms with E-state index >= 15 is 0 Å². The van der Waals surface area contributed by atoms with E-state index in [0.29, 0.717) is 4.90 Å². The fourth-order valence-electron chi connectivity index (χ4n) is 2.52. The van der Waals surface area contributed by atoms with Crippen LogP contribution in [0, 0.1) is 0 Å². The topological polar surface area (TPSA) is 38.8 Å². The Labute approximate surface area is 139 Å². The number of ether oxygens (including phenoxy) is 2. The summed E-state index contributed by atoms with van der Waals surface area (Å²) in [6.07, 6.45) is -8.96. The fraction of sp³-hybridized carbons (Fsp3) is 0.533. The minimum Gasteiger partial charge on any atom is -0.406 e. The summed E-state index contributed by atoms with van der Waals surface area (Å²) in [6.45, 7) is -0.952. The predicted octanol–water partition coefficient (Wildman–Crippen LogP) is 3.77. The van der Waals surface area contributed by atoms with Gasteiger partial charge in [0.1, 0.15) is 12.3 Å². The zero-order chi connectivity index (χ0) is 18.7. The number of hydrogen-bond acceptors (Lipinski definition) is 3. The third-order valence-corrected chi connectivity index (χ3v) is 3.58. The molecular weight excluding hydrogens is 356 g/mol. The van der Waals surface area contributed by atoms with E-state index < -0.39 is 36.8 Å². The molecule has 0 atom stereocenters. The molecule has 1 aromatic carbocycles. The monoisotopic (exact) mass is 371 g/mol. The number of hydrogen-bond donors (Lipinski definition) is 0. The maximum absolute atomic E-state index is 12.8. The van der Waals surface area contributed by atoms with Crippen LogP contribution >= 0.6 is 0 Å². The quantitative estimate of drug-likeness (QED) is 0.757. The van der Waals surface area contributed by atoms with Gasteiger partial charge in [0.05, 0.1) is 0 Å².